The Balaban J connectivity index is 2.14. The number of hydrogen-bond donors (Lipinski definition) is 0. The highest BCUT2D eigenvalue weighted by molar-refractivity contribution is 7.91. The molecule has 0 saturated carbocycles. The molecule has 0 fully saturated rings. The third-order valence-electron chi connectivity index (χ3n) is 4.18. The van der Waals surface area contributed by atoms with Gasteiger partial charge in [0.1, 0.15) is 11.4 Å². The normalized spacial score (nSPS) is 12.1. The lowest BCUT2D eigenvalue weighted by atomic mass is 10.2. The molecular formula is C19H18ClNO7S2. The number of furan rings is 1. The summed E-state index contributed by atoms with van der Waals surface area (Å²) in [5, 5.41) is 0.0594. The number of carbonyl (C=O) groups is 1. The van der Waals surface area contributed by atoms with Crippen molar-refractivity contribution in [2.45, 2.75) is 11.8 Å². The first-order valence-electron chi connectivity index (χ1n) is 8.52. The van der Waals surface area contributed by atoms with Gasteiger partial charge in [0.15, 0.2) is 21.3 Å². The van der Waals surface area contributed by atoms with Gasteiger partial charge in [-0.25, -0.2) is 20.8 Å². The molecule has 30 heavy (non-hydrogen) atoms. The van der Waals surface area contributed by atoms with E-state index in [1.54, 1.807) is 12.1 Å². The number of ether oxygens (including phenoxy) is 1. The van der Waals surface area contributed by atoms with Crippen molar-refractivity contribution >= 4 is 37.2 Å². The zero-order chi connectivity index (χ0) is 22.3. The Kier molecular flexibility index (Phi) is 5.85. The van der Waals surface area contributed by atoms with Crippen molar-refractivity contribution in [2.24, 2.45) is 0 Å². The van der Waals surface area contributed by atoms with E-state index >= 15 is 0 Å². The van der Waals surface area contributed by atoms with Crippen molar-refractivity contribution in [1.29, 1.82) is 0 Å². The molecule has 160 valence electrons. The second kappa shape index (κ2) is 7.93. The molecule has 0 N–H and O–H groups in total. The van der Waals surface area contributed by atoms with E-state index in [4.69, 9.17) is 20.8 Å². The molecule has 0 aliphatic rings. The maximum atomic E-state index is 13.1. The van der Waals surface area contributed by atoms with Crippen LogP contribution in [0, 0.1) is 6.92 Å². The van der Waals surface area contributed by atoms with Crippen LogP contribution in [0.15, 0.2) is 51.9 Å². The van der Waals surface area contributed by atoms with Crippen LogP contribution in [0.1, 0.15) is 16.1 Å². The summed E-state index contributed by atoms with van der Waals surface area (Å²) < 4.78 is 60.7. The maximum Gasteiger partial charge on any atom is 0.268 e. The van der Waals surface area contributed by atoms with Gasteiger partial charge in [-0.3, -0.25) is 4.79 Å². The highest BCUT2D eigenvalue weighted by Crippen LogP contribution is 2.37. The van der Waals surface area contributed by atoms with Gasteiger partial charge < -0.3 is 9.15 Å². The fourth-order valence-electron chi connectivity index (χ4n) is 2.78. The summed E-state index contributed by atoms with van der Waals surface area (Å²) in [7, 11) is -6.36. The van der Waals surface area contributed by atoms with Gasteiger partial charge in [0, 0.05) is 18.5 Å². The predicted octanol–water partition coefficient (Wildman–Crippen LogP) is 3.18. The van der Waals surface area contributed by atoms with Crippen LogP contribution in [-0.2, 0) is 19.9 Å². The maximum absolute atomic E-state index is 13.1. The van der Waals surface area contributed by atoms with Gasteiger partial charge in [0.05, 0.1) is 17.0 Å². The van der Waals surface area contributed by atoms with E-state index in [0.717, 1.165) is 15.8 Å². The van der Waals surface area contributed by atoms with Gasteiger partial charge in [0.25, 0.3) is 10.0 Å². The number of halogens is 1. The zero-order valence-electron chi connectivity index (χ0n) is 16.2. The minimum atomic E-state index is -4.02. The van der Waals surface area contributed by atoms with E-state index in [2.05, 4.69) is 0 Å². The second-order valence-electron chi connectivity index (χ2n) is 6.63. The average molecular weight is 472 g/mol. The molecule has 1 aromatic carbocycles. The topological polar surface area (TPSA) is 113 Å². The lowest BCUT2D eigenvalue weighted by Crippen LogP contribution is -2.14. The van der Waals surface area contributed by atoms with Crippen molar-refractivity contribution in [2.75, 3.05) is 19.1 Å². The van der Waals surface area contributed by atoms with Crippen LogP contribution in [0.2, 0.25) is 5.02 Å². The largest absolute Gasteiger partial charge is 0.493 e. The number of methoxy groups -OCH3 is 1. The first-order valence-corrected chi connectivity index (χ1v) is 12.4. The number of Topliss-reactive ketones (excluding diaryl/α,β-unsaturated/α-hetero) is 1. The Labute approximate surface area is 179 Å². The van der Waals surface area contributed by atoms with E-state index in [9.17, 15) is 21.6 Å². The number of benzene rings is 1. The summed E-state index contributed by atoms with van der Waals surface area (Å²) in [4.78, 5) is 12.4. The fourth-order valence-corrected chi connectivity index (χ4v) is 5.04. The zero-order valence-corrected chi connectivity index (χ0v) is 18.6. The molecule has 0 bridgehead atoms. The van der Waals surface area contributed by atoms with Crippen molar-refractivity contribution in [3.05, 3.63) is 58.9 Å². The molecule has 2 heterocycles. The van der Waals surface area contributed by atoms with Crippen LogP contribution in [-0.4, -0.2) is 45.7 Å². The van der Waals surface area contributed by atoms with E-state index in [0.29, 0.717) is 0 Å². The first kappa shape index (κ1) is 22.1. The molecule has 11 heteroatoms. The number of ketones is 1. The summed E-state index contributed by atoms with van der Waals surface area (Å²) in [6.45, 7) is 1.83. The number of aryl methyl sites for hydroxylation is 1. The quantitative estimate of drug-likeness (QED) is 0.486. The molecule has 0 amide bonds. The molecule has 0 unspecified atom stereocenters. The second-order valence-corrected chi connectivity index (χ2v) is 11.0. The standard InChI is InChI=1S/C19H18ClNO7S2/c1-12-4-6-13(7-5-12)30(25,26)21-9-8-14(20)18(21)16-10-17(27-2)19(28-16)15(22)11-29(3,23)24/h4-10H,11H2,1-3H3. The fraction of sp³-hybridized carbons (Fsp3) is 0.211. The summed E-state index contributed by atoms with van der Waals surface area (Å²) in [6.07, 6.45) is 2.18. The van der Waals surface area contributed by atoms with Crippen molar-refractivity contribution < 1.29 is 30.8 Å². The van der Waals surface area contributed by atoms with Crippen LogP contribution < -0.4 is 4.74 Å². The first-order chi connectivity index (χ1) is 13.9. The Bertz CT molecular complexity index is 1320. The lowest BCUT2D eigenvalue weighted by molar-refractivity contribution is 0.0987. The average Bonchev–Trinajstić information content (AvgIpc) is 3.24. The van der Waals surface area contributed by atoms with Crippen LogP contribution in [0.4, 0.5) is 0 Å². The monoisotopic (exact) mass is 471 g/mol. The molecule has 3 rings (SSSR count). The molecular weight excluding hydrogens is 454 g/mol. The molecule has 0 aliphatic carbocycles. The molecule has 0 radical (unpaired) electrons. The minimum absolute atomic E-state index is 0.0195. The molecule has 2 aromatic heterocycles. The number of nitrogens with zero attached hydrogens (tertiary/aromatic N) is 1. The summed E-state index contributed by atoms with van der Waals surface area (Å²) in [5.41, 5.74) is 0.874. The Morgan fingerprint density at radius 1 is 1.13 bits per heavy atom. The number of carbonyl (C=O) groups excluding carboxylic acids is 1. The molecule has 0 saturated heterocycles. The predicted molar refractivity (Wildman–Crippen MR) is 112 cm³/mol. The van der Waals surface area contributed by atoms with E-state index < -0.39 is 31.4 Å². The van der Waals surface area contributed by atoms with Gasteiger partial charge in [-0.2, -0.15) is 0 Å². The van der Waals surface area contributed by atoms with Gasteiger partial charge in [-0.1, -0.05) is 29.3 Å². The third-order valence-corrected chi connectivity index (χ3v) is 6.96. The van der Waals surface area contributed by atoms with Gasteiger partial charge in [-0.05, 0) is 25.1 Å². The van der Waals surface area contributed by atoms with Crippen molar-refractivity contribution in [3.8, 4) is 17.2 Å². The van der Waals surface area contributed by atoms with E-state index in [1.807, 2.05) is 6.92 Å². The number of hydrogen-bond acceptors (Lipinski definition) is 7. The van der Waals surface area contributed by atoms with Crippen LogP contribution in [0.25, 0.3) is 11.5 Å². The number of rotatable bonds is 7. The summed E-state index contributed by atoms with van der Waals surface area (Å²) >= 11 is 6.22. The van der Waals surface area contributed by atoms with Gasteiger partial charge in [-0.15, -0.1) is 0 Å². The van der Waals surface area contributed by atoms with Crippen molar-refractivity contribution in [3.63, 3.8) is 0 Å². The van der Waals surface area contributed by atoms with Gasteiger partial charge in [0.2, 0.25) is 11.5 Å². The molecule has 0 spiro atoms. The van der Waals surface area contributed by atoms with E-state index in [-0.39, 0.29) is 32.9 Å². The Hall–Kier alpha value is -2.56. The van der Waals surface area contributed by atoms with Crippen LogP contribution >= 0.6 is 11.6 Å². The summed E-state index contributed by atoms with van der Waals surface area (Å²) in [5.74, 6) is -2.04. The highest BCUT2D eigenvalue weighted by atomic mass is 35.5. The SMILES string of the molecule is COc1cc(-c2c(Cl)ccn2S(=O)(=O)c2ccc(C)cc2)oc1C(=O)CS(C)(=O)=O. The van der Waals surface area contributed by atoms with Crippen molar-refractivity contribution in [1.82, 2.24) is 3.97 Å². The summed E-state index contributed by atoms with van der Waals surface area (Å²) in [6, 6.07) is 8.91. The van der Waals surface area contributed by atoms with E-state index in [1.165, 1.54) is 37.6 Å². The minimum Gasteiger partial charge on any atom is -0.493 e. The number of sulfone groups is 1. The highest BCUT2D eigenvalue weighted by Gasteiger charge is 2.28. The van der Waals surface area contributed by atoms with Crippen LogP contribution in [0.5, 0.6) is 5.75 Å². The third kappa shape index (κ3) is 4.30. The van der Waals surface area contributed by atoms with Crippen LogP contribution in [0.3, 0.4) is 0 Å². The van der Waals surface area contributed by atoms with Gasteiger partial charge >= 0.3 is 0 Å². The Morgan fingerprint density at radius 2 is 1.77 bits per heavy atom. The molecule has 8 nitrogen and oxygen atoms in total. The lowest BCUT2D eigenvalue weighted by Gasteiger charge is -2.10. The smallest absolute Gasteiger partial charge is 0.268 e. The molecule has 0 aliphatic heterocycles. The molecule has 3 aromatic rings. The Morgan fingerprint density at radius 3 is 2.33 bits per heavy atom. The molecule has 0 atom stereocenters. The number of aromatic nitrogens is 1.